The molecule has 1 heterocycles. The van der Waals surface area contributed by atoms with Crippen LogP contribution in [0.2, 0.25) is 0 Å². The number of carbonyl (C=O) groups is 1. The lowest BCUT2D eigenvalue weighted by Gasteiger charge is -2.02. The van der Waals surface area contributed by atoms with E-state index in [1.54, 1.807) is 24.3 Å². The van der Waals surface area contributed by atoms with Gasteiger partial charge in [0, 0.05) is 5.56 Å². The van der Waals surface area contributed by atoms with Crippen molar-refractivity contribution in [2.75, 3.05) is 6.61 Å². The quantitative estimate of drug-likeness (QED) is 0.478. The topological polar surface area (TPSA) is 47.9 Å². The molecular weight excluding hydrogens is 309 g/mol. The minimum Gasteiger partial charge on any atom is -0.490 e. The highest BCUT2D eigenvalue weighted by Crippen LogP contribution is 2.20. The Kier molecular flexibility index (Phi) is 4.52. The van der Waals surface area contributed by atoms with E-state index in [4.69, 9.17) is 9.47 Å². The second-order valence-electron chi connectivity index (χ2n) is 5.01. The number of halogens is 1. The van der Waals surface area contributed by atoms with Gasteiger partial charge in [0.05, 0.1) is 0 Å². The van der Waals surface area contributed by atoms with Crippen LogP contribution in [0.1, 0.15) is 11.1 Å². The van der Waals surface area contributed by atoms with E-state index >= 15 is 0 Å². The highest BCUT2D eigenvalue weighted by Gasteiger charge is 2.24. The molecule has 0 saturated carbocycles. The number of rotatable bonds is 5. The van der Waals surface area contributed by atoms with Crippen molar-refractivity contribution >= 4 is 17.9 Å². The molecule has 0 radical (unpaired) electrons. The number of esters is 1. The van der Waals surface area contributed by atoms with Crippen molar-refractivity contribution in [1.29, 1.82) is 0 Å². The van der Waals surface area contributed by atoms with Crippen molar-refractivity contribution in [3.63, 3.8) is 0 Å². The number of cyclic esters (lactones) is 1. The van der Waals surface area contributed by atoms with Gasteiger partial charge < -0.3 is 9.47 Å². The third kappa shape index (κ3) is 3.57. The molecule has 0 aliphatic carbocycles. The zero-order chi connectivity index (χ0) is 16.9. The molecular formula is C19H14FNO3. The zero-order valence-corrected chi connectivity index (χ0v) is 12.7. The summed E-state index contributed by atoms with van der Waals surface area (Å²) in [5, 5.41) is 0. The van der Waals surface area contributed by atoms with Crippen LogP contribution in [0, 0.1) is 5.82 Å². The Labute approximate surface area is 138 Å². The molecule has 5 heteroatoms. The Bertz CT molecular complexity index is 821. The van der Waals surface area contributed by atoms with Gasteiger partial charge in [-0.2, -0.15) is 0 Å². The van der Waals surface area contributed by atoms with Gasteiger partial charge in [0.25, 0.3) is 0 Å². The first-order valence-electron chi connectivity index (χ1n) is 7.28. The van der Waals surface area contributed by atoms with Crippen LogP contribution in [0.25, 0.3) is 6.08 Å². The van der Waals surface area contributed by atoms with Gasteiger partial charge in [-0.25, -0.2) is 14.2 Å². The van der Waals surface area contributed by atoms with Gasteiger partial charge in [0.15, 0.2) is 5.70 Å². The highest BCUT2D eigenvalue weighted by molar-refractivity contribution is 6.12. The molecule has 24 heavy (non-hydrogen) atoms. The number of hydrogen-bond donors (Lipinski definition) is 0. The van der Waals surface area contributed by atoms with E-state index < -0.39 is 5.97 Å². The fraction of sp³-hybridized carbons (Fsp3) is 0.0526. The molecule has 0 atom stereocenters. The minimum absolute atomic E-state index is 0.164. The van der Waals surface area contributed by atoms with Gasteiger partial charge in [0.2, 0.25) is 5.90 Å². The second kappa shape index (κ2) is 6.91. The predicted molar refractivity (Wildman–Crippen MR) is 89.1 cm³/mol. The number of aliphatic imine (C=N–C) groups is 1. The summed E-state index contributed by atoms with van der Waals surface area (Å²) in [5.41, 5.74) is 1.52. The largest absolute Gasteiger partial charge is 0.490 e. The highest BCUT2D eigenvalue weighted by atomic mass is 19.1. The lowest BCUT2D eigenvalue weighted by atomic mass is 10.2. The van der Waals surface area contributed by atoms with E-state index in [9.17, 15) is 9.18 Å². The van der Waals surface area contributed by atoms with Crippen LogP contribution < -0.4 is 4.74 Å². The second-order valence-corrected chi connectivity index (χ2v) is 5.01. The first-order chi connectivity index (χ1) is 11.7. The number of benzene rings is 2. The van der Waals surface area contributed by atoms with Crippen LogP contribution in [0.5, 0.6) is 5.75 Å². The summed E-state index contributed by atoms with van der Waals surface area (Å²) in [4.78, 5) is 16.1. The van der Waals surface area contributed by atoms with Gasteiger partial charge in [-0.05, 0) is 48.0 Å². The third-order valence-electron chi connectivity index (χ3n) is 3.26. The Morgan fingerprint density at radius 3 is 2.50 bits per heavy atom. The summed E-state index contributed by atoms with van der Waals surface area (Å²) < 4.78 is 23.5. The lowest BCUT2D eigenvalue weighted by molar-refractivity contribution is -0.129. The first kappa shape index (κ1) is 15.7. The number of hydrogen-bond acceptors (Lipinski definition) is 4. The molecule has 0 aromatic heterocycles. The van der Waals surface area contributed by atoms with Crippen LogP contribution in [0.4, 0.5) is 4.39 Å². The monoisotopic (exact) mass is 323 g/mol. The number of nitrogens with zero attached hydrogens (tertiary/aromatic N) is 1. The predicted octanol–water partition coefficient (Wildman–Crippen LogP) is 3.74. The Morgan fingerprint density at radius 1 is 1.12 bits per heavy atom. The molecule has 1 aliphatic rings. The summed E-state index contributed by atoms with van der Waals surface area (Å²) in [6.45, 7) is 4.01. The van der Waals surface area contributed by atoms with Gasteiger partial charge in [0.1, 0.15) is 18.2 Å². The van der Waals surface area contributed by atoms with E-state index in [2.05, 4.69) is 11.6 Å². The van der Waals surface area contributed by atoms with Gasteiger partial charge in [-0.1, -0.05) is 24.8 Å². The molecule has 0 saturated heterocycles. The third-order valence-corrected chi connectivity index (χ3v) is 3.26. The maximum atomic E-state index is 13.0. The Balaban J connectivity index is 1.80. The van der Waals surface area contributed by atoms with E-state index in [1.807, 2.05) is 12.1 Å². The van der Waals surface area contributed by atoms with E-state index in [0.717, 1.165) is 5.56 Å². The number of ether oxygens (including phenoxy) is 2. The average molecular weight is 323 g/mol. The smallest absolute Gasteiger partial charge is 0.363 e. The van der Waals surface area contributed by atoms with Crippen molar-refractivity contribution in [2.24, 2.45) is 4.99 Å². The van der Waals surface area contributed by atoms with Crippen LogP contribution >= 0.6 is 0 Å². The molecule has 120 valence electrons. The zero-order valence-electron chi connectivity index (χ0n) is 12.7. The SMILES string of the molecule is C=CCOc1ccc(/C=C2\N=C(c3ccc(F)cc3)OC2=O)cc1. The van der Waals surface area contributed by atoms with Crippen molar-refractivity contribution in [1.82, 2.24) is 0 Å². The summed E-state index contributed by atoms with van der Waals surface area (Å²) in [5.74, 6) is -0.0294. The summed E-state index contributed by atoms with van der Waals surface area (Å²) >= 11 is 0. The Hall–Kier alpha value is -3.21. The molecule has 2 aromatic rings. The molecule has 1 aliphatic heterocycles. The molecule has 0 N–H and O–H groups in total. The first-order valence-corrected chi connectivity index (χ1v) is 7.28. The summed E-state index contributed by atoms with van der Waals surface area (Å²) in [7, 11) is 0. The maximum Gasteiger partial charge on any atom is 0.363 e. The molecule has 0 amide bonds. The van der Waals surface area contributed by atoms with Gasteiger partial charge in [-0.3, -0.25) is 0 Å². The molecule has 3 rings (SSSR count). The maximum absolute atomic E-state index is 13.0. The van der Waals surface area contributed by atoms with E-state index in [0.29, 0.717) is 17.9 Å². The average Bonchev–Trinajstić information content (AvgIpc) is 2.95. The van der Waals surface area contributed by atoms with Crippen molar-refractivity contribution < 1.29 is 18.7 Å². The molecule has 0 unspecified atom stereocenters. The molecule has 4 nitrogen and oxygen atoms in total. The van der Waals surface area contributed by atoms with E-state index in [1.165, 1.54) is 24.3 Å². The lowest BCUT2D eigenvalue weighted by Crippen LogP contribution is -2.05. The normalized spacial score (nSPS) is 15.1. The molecule has 0 fully saturated rings. The van der Waals surface area contributed by atoms with Crippen molar-refractivity contribution in [3.8, 4) is 5.75 Å². The van der Waals surface area contributed by atoms with Gasteiger partial charge in [-0.15, -0.1) is 0 Å². The molecule has 0 spiro atoms. The summed E-state index contributed by atoms with van der Waals surface area (Å²) in [6.07, 6.45) is 3.28. The fourth-order valence-electron chi connectivity index (χ4n) is 2.10. The number of carbonyl (C=O) groups excluding carboxylic acids is 1. The van der Waals surface area contributed by atoms with Crippen LogP contribution in [-0.4, -0.2) is 18.5 Å². The minimum atomic E-state index is -0.540. The van der Waals surface area contributed by atoms with Crippen LogP contribution in [0.3, 0.4) is 0 Å². The van der Waals surface area contributed by atoms with Crippen LogP contribution in [0.15, 0.2) is 71.9 Å². The van der Waals surface area contributed by atoms with Crippen LogP contribution in [-0.2, 0) is 9.53 Å². The molecule has 2 aromatic carbocycles. The van der Waals surface area contributed by atoms with E-state index in [-0.39, 0.29) is 17.4 Å². The van der Waals surface area contributed by atoms with Gasteiger partial charge >= 0.3 is 5.97 Å². The standard InChI is InChI=1S/C19H14FNO3/c1-2-11-23-16-9-3-13(4-10-16)12-17-19(22)24-18(21-17)14-5-7-15(20)8-6-14/h2-10,12H,1,11H2/b17-12-. The fourth-order valence-corrected chi connectivity index (χ4v) is 2.10. The Morgan fingerprint density at radius 2 is 1.83 bits per heavy atom. The van der Waals surface area contributed by atoms with Crippen molar-refractivity contribution in [3.05, 3.63) is 83.8 Å². The van der Waals surface area contributed by atoms with Crippen molar-refractivity contribution in [2.45, 2.75) is 0 Å². The summed E-state index contributed by atoms with van der Waals surface area (Å²) in [6, 6.07) is 12.8. The molecule has 0 bridgehead atoms.